The van der Waals surface area contributed by atoms with Gasteiger partial charge in [0.2, 0.25) is 6.20 Å². The molecular formula is C13H14N4O3S. The minimum atomic E-state index is -3.74. The number of sulfonamides is 1. The molecule has 0 bridgehead atoms. The Balaban J connectivity index is 2.21. The van der Waals surface area contributed by atoms with Gasteiger partial charge in [-0.25, -0.2) is 0 Å². The summed E-state index contributed by atoms with van der Waals surface area (Å²) in [5, 5.41) is 18.5. The van der Waals surface area contributed by atoms with Crippen LogP contribution in [0.4, 0.5) is 0 Å². The van der Waals surface area contributed by atoms with Crippen LogP contribution in [-0.4, -0.2) is 19.2 Å². The maximum atomic E-state index is 12.0. The van der Waals surface area contributed by atoms with Crippen LogP contribution in [0.15, 0.2) is 52.6 Å². The van der Waals surface area contributed by atoms with Crippen molar-refractivity contribution in [3.05, 3.63) is 59.1 Å². The van der Waals surface area contributed by atoms with Crippen molar-refractivity contribution in [2.24, 2.45) is 5.10 Å². The average molecular weight is 306 g/mol. The third kappa shape index (κ3) is 3.76. The minimum absolute atomic E-state index is 0.115. The Hall–Kier alpha value is -2.48. The molecular weight excluding hydrogens is 292 g/mol. The van der Waals surface area contributed by atoms with Crippen LogP contribution in [0.1, 0.15) is 18.2 Å². The summed E-state index contributed by atoms with van der Waals surface area (Å²) in [7, 11) is -3.74. The highest BCUT2D eigenvalue weighted by Crippen LogP contribution is 2.09. The second kappa shape index (κ2) is 5.88. The standard InChI is InChI=1S/C13H14N4O3S/c1-10-5-7-12(8-6-10)21(19,20)16-14-11(2)13-4-3-9-17(18)15-13/h3-9,16H,1-2H3/b14-11-. The first-order valence-electron chi connectivity index (χ1n) is 6.08. The first-order valence-corrected chi connectivity index (χ1v) is 7.56. The van der Waals surface area contributed by atoms with Gasteiger partial charge in [-0.15, -0.1) is 0 Å². The highest BCUT2D eigenvalue weighted by atomic mass is 32.2. The largest absolute Gasteiger partial charge is 0.594 e. The maximum absolute atomic E-state index is 12.0. The van der Waals surface area contributed by atoms with Crippen molar-refractivity contribution in [3.8, 4) is 0 Å². The molecule has 0 amide bonds. The van der Waals surface area contributed by atoms with Crippen molar-refractivity contribution in [2.75, 3.05) is 0 Å². The van der Waals surface area contributed by atoms with Gasteiger partial charge in [-0.3, -0.25) is 0 Å². The molecule has 0 aliphatic heterocycles. The second-order valence-electron chi connectivity index (χ2n) is 4.40. The fraction of sp³-hybridized carbons (Fsp3) is 0.154. The van der Waals surface area contributed by atoms with Gasteiger partial charge >= 0.3 is 0 Å². The second-order valence-corrected chi connectivity index (χ2v) is 6.06. The molecule has 1 N–H and O–H groups in total. The van der Waals surface area contributed by atoms with Gasteiger partial charge in [0.15, 0.2) is 5.69 Å². The van der Waals surface area contributed by atoms with Gasteiger partial charge in [-0.05, 0) is 32.0 Å². The Morgan fingerprint density at radius 3 is 2.57 bits per heavy atom. The smallest absolute Gasteiger partial charge is 0.276 e. The quantitative estimate of drug-likeness (QED) is 0.389. The monoisotopic (exact) mass is 306 g/mol. The Bertz CT molecular complexity index is 770. The third-order valence-corrected chi connectivity index (χ3v) is 3.93. The highest BCUT2D eigenvalue weighted by Gasteiger charge is 2.13. The first-order chi connectivity index (χ1) is 9.88. The van der Waals surface area contributed by atoms with Crippen LogP contribution in [0.5, 0.6) is 0 Å². The molecule has 0 fully saturated rings. The molecule has 7 nitrogen and oxygen atoms in total. The Labute approximate surface area is 122 Å². The molecule has 1 heterocycles. The van der Waals surface area contributed by atoms with Crippen LogP contribution in [-0.2, 0) is 10.0 Å². The Morgan fingerprint density at radius 2 is 1.95 bits per heavy atom. The van der Waals surface area contributed by atoms with Crippen LogP contribution in [0, 0.1) is 12.1 Å². The van der Waals surface area contributed by atoms with Crippen LogP contribution < -0.4 is 9.68 Å². The third-order valence-electron chi connectivity index (χ3n) is 2.71. The molecule has 0 saturated heterocycles. The van der Waals surface area contributed by atoms with Crippen molar-refractivity contribution in [2.45, 2.75) is 18.7 Å². The summed E-state index contributed by atoms with van der Waals surface area (Å²) in [6.45, 7) is 3.42. The van der Waals surface area contributed by atoms with Gasteiger partial charge in [0, 0.05) is 11.2 Å². The zero-order valence-electron chi connectivity index (χ0n) is 11.5. The molecule has 0 aliphatic carbocycles. The Morgan fingerprint density at radius 1 is 1.29 bits per heavy atom. The molecule has 8 heteroatoms. The molecule has 1 aromatic carbocycles. The van der Waals surface area contributed by atoms with E-state index >= 15 is 0 Å². The van der Waals surface area contributed by atoms with E-state index in [4.69, 9.17) is 0 Å². The fourth-order valence-corrected chi connectivity index (χ4v) is 2.39. The van der Waals surface area contributed by atoms with Gasteiger partial charge < -0.3 is 5.21 Å². The number of nitrogens with one attached hydrogen (secondary N) is 1. The number of hydrazone groups is 1. The van der Waals surface area contributed by atoms with Crippen LogP contribution in [0.3, 0.4) is 0 Å². The normalized spacial score (nSPS) is 12.2. The van der Waals surface area contributed by atoms with E-state index in [1.807, 2.05) is 6.92 Å². The SMILES string of the molecule is C/C(=N/NS(=O)(=O)c1ccc(C)cc1)c1ccc[n+]([O-])n1. The van der Waals surface area contributed by atoms with Gasteiger partial charge in [-0.2, -0.15) is 18.4 Å². The molecule has 0 aliphatic rings. The van der Waals surface area contributed by atoms with E-state index in [-0.39, 0.29) is 10.6 Å². The molecule has 0 atom stereocenters. The number of aromatic nitrogens is 2. The van der Waals surface area contributed by atoms with Gasteiger partial charge in [0.1, 0.15) is 0 Å². The highest BCUT2D eigenvalue weighted by molar-refractivity contribution is 7.89. The Kier molecular flexibility index (Phi) is 4.18. The van der Waals surface area contributed by atoms with Crippen molar-refractivity contribution in [1.29, 1.82) is 0 Å². The number of hydrogen-bond acceptors (Lipinski definition) is 5. The number of nitrogens with zero attached hydrogens (tertiary/aromatic N) is 3. The predicted molar refractivity (Wildman–Crippen MR) is 76.9 cm³/mol. The van der Waals surface area contributed by atoms with Crippen molar-refractivity contribution in [3.63, 3.8) is 0 Å². The summed E-state index contributed by atoms with van der Waals surface area (Å²) in [6, 6.07) is 9.45. The van der Waals surface area contributed by atoms with E-state index in [2.05, 4.69) is 15.0 Å². The minimum Gasteiger partial charge on any atom is -0.594 e. The molecule has 21 heavy (non-hydrogen) atoms. The molecule has 1 aromatic heterocycles. The van der Waals surface area contributed by atoms with E-state index in [1.54, 1.807) is 25.1 Å². The predicted octanol–water partition coefficient (Wildman–Crippen LogP) is 0.726. The molecule has 2 rings (SSSR count). The summed E-state index contributed by atoms with van der Waals surface area (Å²) in [5.74, 6) is 0. The van der Waals surface area contributed by atoms with Crippen molar-refractivity contribution < 1.29 is 13.3 Å². The zero-order chi connectivity index (χ0) is 15.5. The van der Waals surface area contributed by atoms with Gasteiger partial charge in [-0.1, -0.05) is 22.5 Å². The van der Waals surface area contributed by atoms with Crippen molar-refractivity contribution in [1.82, 2.24) is 9.93 Å². The molecule has 0 saturated carbocycles. The molecule has 2 aromatic rings. The number of benzene rings is 1. The molecule has 0 unspecified atom stereocenters. The topological polar surface area (TPSA) is 98.4 Å². The lowest BCUT2D eigenvalue weighted by atomic mass is 10.2. The molecule has 0 radical (unpaired) electrons. The molecule has 110 valence electrons. The number of rotatable bonds is 4. The van der Waals surface area contributed by atoms with Crippen molar-refractivity contribution >= 4 is 15.7 Å². The lowest BCUT2D eigenvalue weighted by Gasteiger charge is -2.05. The van der Waals surface area contributed by atoms with Crippen LogP contribution in [0.2, 0.25) is 0 Å². The summed E-state index contributed by atoms with van der Waals surface area (Å²) >= 11 is 0. The summed E-state index contributed by atoms with van der Waals surface area (Å²) in [6.07, 6.45) is 1.23. The summed E-state index contributed by atoms with van der Waals surface area (Å²) in [4.78, 5) is 2.61. The lowest BCUT2D eigenvalue weighted by molar-refractivity contribution is -0.669. The van der Waals surface area contributed by atoms with E-state index in [0.29, 0.717) is 10.5 Å². The van der Waals surface area contributed by atoms with Gasteiger partial charge in [0.25, 0.3) is 10.0 Å². The lowest BCUT2D eigenvalue weighted by Crippen LogP contribution is -2.32. The summed E-state index contributed by atoms with van der Waals surface area (Å²) < 4.78 is 24.1. The maximum Gasteiger partial charge on any atom is 0.276 e. The first kappa shape index (κ1) is 14.9. The summed E-state index contributed by atoms with van der Waals surface area (Å²) in [5.41, 5.74) is 1.54. The molecule has 0 spiro atoms. The average Bonchev–Trinajstić information content (AvgIpc) is 2.45. The van der Waals surface area contributed by atoms with Crippen LogP contribution >= 0.6 is 0 Å². The number of aryl methyl sites for hydroxylation is 1. The van der Waals surface area contributed by atoms with E-state index in [9.17, 15) is 13.6 Å². The van der Waals surface area contributed by atoms with Gasteiger partial charge in [0.05, 0.1) is 10.6 Å². The van der Waals surface area contributed by atoms with Crippen LogP contribution in [0.25, 0.3) is 0 Å². The van der Waals surface area contributed by atoms with E-state index in [0.717, 1.165) is 5.56 Å². The van der Waals surface area contributed by atoms with E-state index in [1.165, 1.54) is 24.4 Å². The zero-order valence-corrected chi connectivity index (χ0v) is 12.3. The number of hydrogen-bond donors (Lipinski definition) is 1. The van der Waals surface area contributed by atoms with E-state index < -0.39 is 10.0 Å². The fourth-order valence-electron chi connectivity index (χ4n) is 1.53.